The minimum Gasteiger partial charge on any atom is -0.345 e. The van der Waals surface area contributed by atoms with Gasteiger partial charge >= 0.3 is 0 Å². The summed E-state index contributed by atoms with van der Waals surface area (Å²) in [4.78, 5) is 27.0. The number of hydrogen-bond donors (Lipinski definition) is 1. The predicted octanol–water partition coefficient (Wildman–Crippen LogP) is 1.83. The Balaban J connectivity index is 1.96. The maximum atomic E-state index is 12.9. The topological polar surface area (TPSA) is 59.1 Å². The second kappa shape index (κ2) is 5.86. The molecular formula is C14H11FN2O2. The number of aromatic nitrogens is 1. The van der Waals surface area contributed by atoms with Crippen LogP contribution < -0.4 is 5.32 Å². The number of Topliss-reactive ketones (excluding diaryl/α,β-unsaturated/α-hetero) is 1. The lowest BCUT2D eigenvalue weighted by Crippen LogP contribution is -2.29. The Kier molecular flexibility index (Phi) is 3.97. The summed E-state index contributed by atoms with van der Waals surface area (Å²) in [6, 6.07) is 9.68. The Hall–Kier alpha value is -2.56. The van der Waals surface area contributed by atoms with Gasteiger partial charge in [0.05, 0.1) is 18.3 Å². The highest BCUT2D eigenvalue weighted by molar-refractivity contribution is 6.01. The standard InChI is InChI=1S/C14H11FN2O2/c15-12-6-11(7-16-8-12)14(19)17-9-13(18)10-4-2-1-3-5-10/h1-8H,9H2,(H,17,19). The van der Waals surface area contributed by atoms with Crippen LogP contribution in [0.3, 0.4) is 0 Å². The molecule has 0 aliphatic rings. The lowest BCUT2D eigenvalue weighted by atomic mass is 10.1. The highest BCUT2D eigenvalue weighted by atomic mass is 19.1. The maximum Gasteiger partial charge on any atom is 0.253 e. The minimum absolute atomic E-state index is 0.0841. The van der Waals surface area contributed by atoms with Crippen molar-refractivity contribution in [2.75, 3.05) is 6.54 Å². The van der Waals surface area contributed by atoms with E-state index in [0.29, 0.717) is 5.56 Å². The molecule has 0 radical (unpaired) electrons. The third-order valence-corrected chi connectivity index (χ3v) is 2.47. The van der Waals surface area contributed by atoms with Gasteiger partial charge in [0.2, 0.25) is 0 Å². The van der Waals surface area contributed by atoms with Crippen LogP contribution in [0, 0.1) is 5.82 Å². The molecule has 0 aliphatic carbocycles. The van der Waals surface area contributed by atoms with E-state index < -0.39 is 11.7 Å². The lowest BCUT2D eigenvalue weighted by Gasteiger charge is -2.04. The Morgan fingerprint density at radius 1 is 1.11 bits per heavy atom. The van der Waals surface area contributed by atoms with E-state index in [1.54, 1.807) is 30.3 Å². The number of carbonyl (C=O) groups excluding carboxylic acids is 2. The molecule has 0 fully saturated rings. The zero-order chi connectivity index (χ0) is 13.7. The van der Waals surface area contributed by atoms with Gasteiger partial charge in [0.15, 0.2) is 5.78 Å². The van der Waals surface area contributed by atoms with Crippen molar-refractivity contribution >= 4 is 11.7 Å². The van der Waals surface area contributed by atoms with Crippen molar-refractivity contribution in [2.45, 2.75) is 0 Å². The Bertz CT molecular complexity index is 599. The zero-order valence-corrected chi connectivity index (χ0v) is 9.97. The van der Waals surface area contributed by atoms with Gasteiger partial charge < -0.3 is 5.32 Å². The molecule has 0 aliphatic heterocycles. The summed E-state index contributed by atoms with van der Waals surface area (Å²) in [5, 5.41) is 2.43. The first kappa shape index (κ1) is 12.9. The van der Waals surface area contributed by atoms with E-state index in [-0.39, 0.29) is 17.9 Å². The molecule has 0 spiro atoms. The van der Waals surface area contributed by atoms with Crippen LogP contribution in [0.4, 0.5) is 4.39 Å². The first-order valence-electron chi connectivity index (χ1n) is 5.64. The van der Waals surface area contributed by atoms with Crippen LogP contribution in [0.1, 0.15) is 20.7 Å². The molecule has 2 aromatic rings. The Morgan fingerprint density at radius 3 is 2.53 bits per heavy atom. The summed E-state index contributed by atoms with van der Waals surface area (Å²) >= 11 is 0. The number of ketones is 1. The van der Waals surface area contributed by atoms with Crippen molar-refractivity contribution in [2.24, 2.45) is 0 Å². The van der Waals surface area contributed by atoms with E-state index in [1.807, 2.05) is 0 Å². The van der Waals surface area contributed by atoms with E-state index >= 15 is 0 Å². The molecule has 5 heteroatoms. The molecule has 4 nitrogen and oxygen atoms in total. The molecular weight excluding hydrogens is 247 g/mol. The average Bonchev–Trinajstić information content (AvgIpc) is 2.45. The molecule has 0 atom stereocenters. The molecule has 0 unspecified atom stereocenters. The number of nitrogens with one attached hydrogen (secondary N) is 1. The van der Waals surface area contributed by atoms with Gasteiger partial charge in [-0.25, -0.2) is 4.39 Å². The Morgan fingerprint density at radius 2 is 1.84 bits per heavy atom. The first-order chi connectivity index (χ1) is 9.16. The van der Waals surface area contributed by atoms with E-state index in [9.17, 15) is 14.0 Å². The van der Waals surface area contributed by atoms with Crippen LogP contribution in [0.25, 0.3) is 0 Å². The molecule has 2 rings (SSSR count). The fourth-order valence-corrected chi connectivity index (χ4v) is 1.52. The monoisotopic (exact) mass is 258 g/mol. The van der Waals surface area contributed by atoms with E-state index in [2.05, 4.69) is 10.3 Å². The van der Waals surface area contributed by atoms with Gasteiger partial charge in [0, 0.05) is 11.8 Å². The predicted molar refractivity (Wildman–Crippen MR) is 67.3 cm³/mol. The van der Waals surface area contributed by atoms with E-state index in [4.69, 9.17) is 0 Å². The number of pyridine rings is 1. The van der Waals surface area contributed by atoms with Crippen molar-refractivity contribution in [3.63, 3.8) is 0 Å². The fraction of sp³-hybridized carbons (Fsp3) is 0.0714. The van der Waals surface area contributed by atoms with Crippen molar-refractivity contribution in [1.29, 1.82) is 0 Å². The van der Waals surface area contributed by atoms with E-state index in [0.717, 1.165) is 12.3 Å². The largest absolute Gasteiger partial charge is 0.345 e. The van der Waals surface area contributed by atoms with Gasteiger partial charge in [-0.05, 0) is 6.07 Å². The molecule has 0 bridgehead atoms. The zero-order valence-electron chi connectivity index (χ0n) is 9.97. The molecule has 1 aromatic carbocycles. The number of benzene rings is 1. The van der Waals surface area contributed by atoms with Crippen LogP contribution in [0.15, 0.2) is 48.8 Å². The number of nitrogens with zero attached hydrogens (tertiary/aromatic N) is 1. The van der Waals surface area contributed by atoms with Gasteiger partial charge in [-0.15, -0.1) is 0 Å². The fourth-order valence-electron chi connectivity index (χ4n) is 1.52. The number of hydrogen-bond acceptors (Lipinski definition) is 3. The van der Waals surface area contributed by atoms with Crippen LogP contribution in [-0.2, 0) is 0 Å². The molecule has 1 heterocycles. The molecule has 19 heavy (non-hydrogen) atoms. The summed E-state index contributed by atoms with van der Waals surface area (Å²) in [6.45, 7) is -0.140. The normalized spacial score (nSPS) is 9.95. The Labute approximate surface area is 109 Å². The lowest BCUT2D eigenvalue weighted by molar-refractivity contribution is 0.0903. The van der Waals surface area contributed by atoms with Crippen molar-refractivity contribution in [1.82, 2.24) is 10.3 Å². The molecule has 1 N–H and O–H groups in total. The van der Waals surface area contributed by atoms with Crippen LogP contribution in [-0.4, -0.2) is 23.2 Å². The smallest absolute Gasteiger partial charge is 0.253 e. The number of carbonyl (C=O) groups is 2. The summed E-state index contributed by atoms with van der Waals surface area (Å²) in [6.07, 6.45) is 2.25. The third-order valence-electron chi connectivity index (χ3n) is 2.47. The quantitative estimate of drug-likeness (QED) is 0.851. The van der Waals surface area contributed by atoms with Crippen LogP contribution in [0.2, 0.25) is 0 Å². The van der Waals surface area contributed by atoms with Crippen LogP contribution >= 0.6 is 0 Å². The SMILES string of the molecule is O=C(CNC(=O)c1cncc(F)c1)c1ccccc1. The second-order valence-electron chi connectivity index (χ2n) is 3.86. The van der Waals surface area contributed by atoms with Crippen molar-refractivity contribution in [3.8, 4) is 0 Å². The number of rotatable bonds is 4. The van der Waals surface area contributed by atoms with Gasteiger partial charge in [0.1, 0.15) is 5.82 Å². The summed E-state index contributed by atoms with van der Waals surface area (Å²) in [5.74, 6) is -1.34. The first-order valence-corrected chi connectivity index (χ1v) is 5.64. The highest BCUT2D eigenvalue weighted by Crippen LogP contribution is 2.02. The summed E-state index contributed by atoms with van der Waals surface area (Å²) < 4.78 is 12.9. The van der Waals surface area contributed by atoms with Gasteiger partial charge in [-0.1, -0.05) is 30.3 Å². The van der Waals surface area contributed by atoms with Gasteiger partial charge in [0.25, 0.3) is 5.91 Å². The van der Waals surface area contributed by atoms with Crippen molar-refractivity contribution < 1.29 is 14.0 Å². The number of amides is 1. The third kappa shape index (κ3) is 3.45. The van der Waals surface area contributed by atoms with Crippen molar-refractivity contribution in [3.05, 3.63) is 65.7 Å². The molecule has 1 amide bonds. The minimum atomic E-state index is -0.595. The van der Waals surface area contributed by atoms with E-state index in [1.165, 1.54) is 6.20 Å². The van der Waals surface area contributed by atoms with Gasteiger partial charge in [-0.3, -0.25) is 14.6 Å². The maximum absolute atomic E-state index is 12.9. The summed E-state index contributed by atoms with van der Waals surface area (Å²) in [5.41, 5.74) is 0.598. The summed E-state index contributed by atoms with van der Waals surface area (Å²) in [7, 11) is 0. The molecule has 0 saturated carbocycles. The highest BCUT2D eigenvalue weighted by Gasteiger charge is 2.10. The molecule has 1 aromatic heterocycles. The molecule has 0 saturated heterocycles. The second-order valence-corrected chi connectivity index (χ2v) is 3.86. The number of halogens is 1. The van der Waals surface area contributed by atoms with Crippen LogP contribution in [0.5, 0.6) is 0 Å². The molecule has 96 valence electrons. The van der Waals surface area contributed by atoms with Gasteiger partial charge in [-0.2, -0.15) is 0 Å². The average molecular weight is 258 g/mol.